The Kier molecular flexibility index (Phi) is 4.30. The third-order valence-electron chi connectivity index (χ3n) is 2.70. The summed E-state index contributed by atoms with van der Waals surface area (Å²) in [7, 11) is 0. The number of nitrogens with two attached hydrogens (primary N) is 1. The van der Waals surface area contributed by atoms with Crippen LogP contribution in [-0.4, -0.2) is 19.0 Å². The van der Waals surface area contributed by atoms with E-state index in [-0.39, 0.29) is 17.5 Å². The second-order valence-corrected chi connectivity index (χ2v) is 4.05. The molecule has 19 heavy (non-hydrogen) atoms. The van der Waals surface area contributed by atoms with Crippen LogP contribution in [0.15, 0.2) is 47.1 Å². The number of furan rings is 1. The average molecular weight is 262 g/mol. The molecule has 0 saturated carbocycles. The predicted molar refractivity (Wildman–Crippen MR) is 70.5 cm³/mol. The minimum atomic E-state index is -0.340. The zero-order valence-electron chi connectivity index (χ0n) is 10.4. The molecule has 0 fully saturated rings. The van der Waals surface area contributed by atoms with E-state index >= 15 is 0 Å². The van der Waals surface area contributed by atoms with Crippen LogP contribution in [-0.2, 0) is 0 Å². The molecule has 1 aromatic heterocycles. The van der Waals surface area contributed by atoms with Crippen LogP contribution >= 0.6 is 0 Å². The molecule has 2 N–H and O–H groups in total. The van der Waals surface area contributed by atoms with Gasteiger partial charge in [-0.25, -0.2) is 4.39 Å². The first-order valence-electron chi connectivity index (χ1n) is 6.03. The molecule has 0 saturated heterocycles. The first kappa shape index (κ1) is 13.3. The molecule has 0 aliphatic carbocycles. The van der Waals surface area contributed by atoms with E-state index in [4.69, 9.17) is 10.2 Å². The van der Waals surface area contributed by atoms with Crippen molar-refractivity contribution >= 4 is 11.6 Å². The standard InChI is InChI=1S/C14H15FN2O2/c15-11-4-6-12(7-5-11)17(9-2-8-16)14(18)13-3-1-10-19-13/h1,3-7,10H,2,8-9,16H2. The van der Waals surface area contributed by atoms with E-state index in [0.717, 1.165) is 0 Å². The summed E-state index contributed by atoms with van der Waals surface area (Å²) < 4.78 is 18.0. The maximum atomic E-state index is 12.9. The number of hydrogen-bond acceptors (Lipinski definition) is 3. The second-order valence-electron chi connectivity index (χ2n) is 4.05. The average Bonchev–Trinajstić information content (AvgIpc) is 2.95. The SMILES string of the molecule is NCCCN(C(=O)c1ccco1)c1ccc(F)cc1. The van der Waals surface area contributed by atoms with Crippen LogP contribution in [0.25, 0.3) is 0 Å². The van der Waals surface area contributed by atoms with E-state index in [1.807, 2.05) is 0 Å². The number of carbonyl (C=O) groups is 1. The van der Waals surface area contributed by atoms with E-state index in [1.165, 1.54) is 23.3 Å². The lowest BCUT2D eigenvalue weighted by atomic mass is 10.2. The first-order chi connectivity index (χ1) is 9.22. The van der Waals surface area contributed by atoms with Crippen molar-refractivity contribution in [3.05, 3.63) is 54.2 Å². The Bertz CT molecular complexity index is 523. The van der Waals surface area contributed by atoms with Crippen molar-refractivity contribution in [1.82, 2.24) is 0 Å². The lowest BCUT2D eigenvalue weighted by molar-refractivity contribution is 0.0960. The molecule has 0 spiro atoms. The van der Waals surface area contributed by atoms with Crippen molar-refractivity contribution in [3.8, 4) is 0 Å². The summed E-state index contributed by atoms with van der Waals surface area (Å²) in [6.45, 7) is 0.935. The molecule has 100 valence electrons. The van der Waals surface area contributed by atoms with Crippen LogP contribution in [0.2, 0.25) is 0 Å². The van der Waals surface area contributed by atoms with Crippen LogP contribution < -0.4 is 10.6 Å². The highest BCUT2D eigenvalue weighted by molar-refractivity contribution is 6.04. The highest BCUT2D eigenvalue weighted by atomic mass is 19.1. The van der Waals surface area contributed by atoms with Gasteiger partial charge >= 0.3 is 0 Å². The minimum absolute atomic E-state index is 0.251. The largest absolute Gasteiger partial charge is 0.459 e. The van der Waals surface area contributed by atoms with Crippen LogP contribution in [0.1, 0.15) is 17.0 Å². The summed E-state index contributed by atoms with van der Waals surface area (Å²) in [6.07, 6.45) is 2.10. The lowest BCUT2D eigenvalue weighted by Gasteiger charge is -2.21. The lowest BCUT2D eigenvalue weighted by Crippen LogP contribution is -2.32. The molecule has 0 atom stereocenters. The van der Waals surface area contributed by atoms with E-state index < -0.39 is 0 Å². The van der Waals surface area contributed by atoms with Crippen LogP contribution in [0.5, 0.6) is 0 Å². The van der Waals surface area contributed by atoms with Crippen LogP contribution in [0.3, 0.4) is 0 Å². The maximum absolute atomic E-state index is 12.9. The van der Waals surface area contributed by atoms with Crippen molar-refractivity contribution in [2.24, 2.45) is 5.73 Å². The Morgan fingerprint density at radius 2 is 2.00 bits per heavy atom. The van der Waals surface area contributed by atoms with Crippen molar-refractivity contribution in [1.29, 1.82) is 0 Å². The molecule has 0 bridgehead atoms. The Morgan fingerprint density at radius 3 is 2.58 bits per heavy atom. The quantitative estimate of drug-likeness (QED) is 0.900. The smallest absolute Gasteiger partial charge is 0.293 e. The molecule has 0 unspecified atom stereocenters. The van der Waals surface area contributed by atoms with Gasteiger partial charge in [0, 0.05) is 12.2 Å². The fourth-order valence-electron chi connectivity index (χ4n) is 1.75. The van der Waals surface area contributed by atoms with Gasteiger partial charge in [-0.3, -0.25) is 4.79 Å². The zero-order valence-corrected chi connectivity index (χ0v) is 10.4. The van der Waals surface area contributed by atoms with Gasteiger partial charge in [-0.2, -0.15) is 0 Å². The van der Waals surface area contributed by atoms with Gasteiger partial charge in [-0.1, -0.05) is 0 Å². The number of nitrogens with zero attached hydrogens (tertiary/aromatic N) is 1. The summed E-state index contributed by atoms with van der Waals surface area (Å²) in [5.74, 6) is -0.348. The number of halogens is 1. The van der Waals surface area contributed by atoms with Crippen molar-refractivity contribution in [3.63, 3.8) is 0 Å². The summed E-state index contributed by atoms with van der Waals surface area (Å²) >= 11 is 0. The number of anilines is 1. The number of rotatable bonds is 5. The molecule has 2 aromatic rings. The van der Waals surface area contributed by atoms with E-state index in [1.54, 1.807) is 24.3 Å². The molecule has 0 radical (unpaired) electrons. The van der Waals surface area contributed by atoms with Crippen molar-refractivity contribution in [2.75, 3.05) is 18.0 Å². The third-order valence-corrected chi connectivity index (χ3v) is 2.70. The fourth-order valence-corrected chi connectivity index (χ4v) is 1.75. The summed E-state index contributed by atoms with van der Waals surface area (Å²) in [5.41, 5.74) is 6.10. The number of amides is 1. The summed E-state index contributed by atoms with van der Waals surface area (Å²) in [4.78, 5) is 13.8. The van der Waals surface area contributed by atoms with Gasteiger partial charge in [-0.05, 0) is 49.4 Å². The fraction of sp³-hybridized carbons (Fsp3) is 0.214. The van der Waals surface area contributed by atoms with Crippen molar-refractivity contribution < 1.29 is 13.6 Å². The van der Waals surface area contributed by atoms with Gasteiger partial charge in [-0.15, -0.1) is 0 Å². The topological polar surface area (TPSA) is 59.5 Å². The molecule has 0 aliphatic heterocycles. The molecule has 2 rings (SSSR count). The van der Waals surface area contributed by atoms with E-state index in [2.05, 4.69) is 0 Å². The minimum Gasteiger partial charge on any atom is -0.459 e. The van der Waals surface area contributed by atoms with Gasteiger partial charge in [0.25, 0.3) is 5.91 Å². The molecule has 5 heteroatoms. The summed E-state index contributed by atoms with van der Waals surface area (Å²) in [6, 6.07) is 9.01. The normalized spacial score (nSPS) is 10.4. The van der Waals surface area contributed by atoms with Gasteiger partial charge in [0.15, 0.2) is 5.76 Å². The molecule has 1 amide bonds. The molecule has 1 heterocycles. The number of benzene rings is 1. The Labute approximate surface area is 110 Å². The van der Waals surface area contributed by atoms with E-state index in [9.17, 15) is 9.18 Å². The first-order valence-corrected chi connectivity index (χ1v) is 6.03. The molecule has 4 nitrogen and oxygen atoms in total. The molecular formula is C14H15FN2O2. The Balaban J connectivity index is 2.25. The monoisotopic (exact) mass is 262 g/mol. The third kappa shape index (κ3) is 3.20. The predicted octanol–water partition coefficient (Wildman–Crippen LogP) is 2.41. The summed E-state index contributed by atoms with van der Waals surface area (Å²) in [5, 5.41) is 0. The molecule has 1 aromatic carbocycles. The van der Waals surface area contributed by atoms with Gasteiger partial charge in [0.1, 0.15) is 5.82 Å². The zero-order chi connectivity index (χ0) is 13.7. The van der Waals surface area contributed by atoms with Crippen molar-refractivity contribution in [2.45, 2.75) is 6.42 Å². The van der Waals surface area contributed by atoms with Gasteiger partial charge in [0.2, 0.25) is 0 Å². The number of carbonyl (C=O) groups excluding carboxylic acids is 1. The molecular weight excluding hydrogens is 247 g/mol. The highest BCUT2D eigenvalue weighted by Gasteiger charge is 2.19. The Hall–Kier alpha value is -2.14. The maximum Gasteiger partial charge on any atom is 0.293 e. The van der Waals surface area contributed by atoms with Crippen LogP contribution in [0.4, 0.5) is 10.1 Å². The molecule has 0 aliphatic rings. The van der Waals surface area contributed by atoms with Crippen LogP contribution in [0, 0.1) is 5.82 Å². The highest BCUT2D eigenvalue weighted by Crippen LogP contribution is 2.18. The number of hydrogen-bond donors (Lipinski definition) is 1. The van der Waals surface area contributed by atoms with Gasteiger partial charge in [0.05, 0.1) is 6.26 Å². The van der Waals surface area contributed by atoms with Gasteiger partial charge < -0.3 is 15.1 Å². The van der Waals surface area contributed by atoms with E-state index in [0.29, 0.717) is 25.2 Å². The second kappa shape index (κ2) is 6.15. The Morgan fingerprint density at radius 1 is 1.26 bits per heavy atom.